The van der Waals surface area contributed by atoms with E-state index in [4.69, 9.17) is 4.74 Å². The van der Waals surface area contributed by atoms with E-state index in [0.717, 1.165) is 25.0 Å². The highest BCUT2D eigenvalue weighted by Crippen LogP contribution is 2.60. The molecule has 0 amide bonds. The van der Waals surface area contributed by atoms with Crippen LogP contribution in [-0.2, 0) is 6.42 Å². The number of hydrogen-bond acceptors (Lipinski definition) is 2. The zero-order chi connectivity index (χ0) is 25.2. The first-order valence-corrected chi connectivity index (χ1v) is 15.8. The number of benzene rings is 1. The molecule has 4 rings (SSSR count). The lowest BCUT2D eigenvalue weighted by atomic mass is 9.59. The predicted octanol–water partition coefficient (Wildman–Crippen LogP) is 9.82. The van der Waals surface area contributed by atoms with Gasteiger partial charge in [0.2, 0.25) is 0 Å². The fraction of sp³-hybridized carbons (Fsp3) is 0.765. The van der Waals surface area contributed by atoms with E-state index in [1.165, 1.54) is 127 Å². The van der Waals surface area contributed by atoms with E-state index in [1.807, 2.05) is 0 Å². The molecule has 1 fully saturated rings. The van der Waals surface area contributed by atoms with Crippen LogP contribution in [0.2, 0.25) is 0 Å². The third-order valence-corrected chi connectivity index (χ3v) is 10.0. The van der Waals surface area contributed by atoms with Crippen molar-refractivity contribution < 1.29 is 9.84 Å². The molecule has 0 radical (unpaired) electrons. The first-order valence-electron chi connectivity index (χ1n) is 15.8. The van der Waals surface area contributed by atoms with Crippen LogP contribution < -0.4 is 4.74 Å². The van der Waals surface area contributed by atoms with E-state index >= 15 is 0 Å². The SMILES string of the molecule is CCCCCCCCCCCCCCCC[C@]12CCC3=C(CCc4cc(OC)ccc43)[C@@H]1CC[C@@H]2O. The molecule has 0 bridgehead atoms. The Morgan fingerprint density at radius 1 is 0.806 bits per heavy atom. The molecule has 0 unspecified atom stereocenters. The van der Waals surface area contributed by atoms with Gasteiger partial charge >= 0.3 is 0 Å². The first kappa shape index (κ1) is 27.7. The number of aryl methyl sites for hydroxylation is 1. The van der Waals surface area contributed by atoms with Crippen molar-refractivity contribution in [2.75, 3.05) is 7.11 Å². The standard InChI is InChI=1S/C34H54O2/c1-3-4-5-6-7-8-9-10-11-12-13-14-15-16-24-34-25-23-30-29-20-18-28(36-2)26-27(29)17-19-31(30)32(34)21-22-33(34)35/h18,20,26,32-33,35H,3-17,19,21-25H2,1-2H3/t32-,33-,34-/m0/s1. The summed E-state index contributed by atoms with van der Waals surface area (Å²) in [6.07, 6.45) is 27.8. The zero-order valence-electron chi connectivity index (χ0n) is 23.6. The number of aliphatic hydroxyl groups is 1. The minimum Gasteiger partial charge on any atom is -0.497 e. The van der Waals surface area contributed by atoms with Crippen LogP contribution in [0.4, 0.5) is 0 Å². The van der Waals surface area contributed by atoms with Crippen molar-refractivity contribution in [3.63, 3.8) is 0 Å². The Labute approximate surface area is 222 Å². The molecule has 3 aliphatic carbocycles. The highest BCUT2D eigenvalue weighted by molar-refractivity contribution is 5.75. The zero-order valence-corrected chi connectivity index (χ0v) is 23.6. The van der Waals surface area contributed by atoms with Gasteiger partial charge in [0.25, 0.3) is 0 Å². The maximum absolute atomic E-state index is 11.2. The smallest absolute Gasteiger partial charge is 0.119 e. The topological polar surface area (TPSA) is 29.5 Å². The van der Waals surface area contributed by atoms with Crippen molar-refractivity contribution in [1.29, 1.82) is 0 Å². The number of aliphatic hydroxyl groups excluding tert-OH is 1. The molecule has 1 aromatic rings. The summed E-state index contributed by atoms with van der Waals surface area (Å²) in [5.41, 5.74) is 6.44. The lowest BCUT2D eigenvalue weighted by molar-refractivity contribution is 0.0133. The van der Waals surface area contributed by atoms with Crippen LogP contribution in [0.15, 0.2) is 23.8 Å². The summed E-state index contributed by atoms with van der Waals surface area (Å²) < 4.78 is 5.48. The van der Waals surface area contributed by atoms with Crippen molar-refractivity contribution in [2.24, 2.45) is 11.3 Å². The minimum absolute atomic E-state index is 0.0872. The number of hydrogen-bond donors (Lipinski definition) is 1. The molecule has 0 heterocycles. The summed E-state index contributed by atoms with van der Waals surface area (Å²) in [5.74, 6) is 1.60. The van der Waals surface area contributed by atoms with Crippen LogP contribution in [0.3, 0.4) is 0 Å². The molecule has 0 spiro atoms. The number of ether oxygens (including phenoxy) is 1. The summed E-state index contributed by atoms with van der Waals surface area (Å²) >= 11 is 0. The quantitative estimate of drug-likeness (QED) is 0.232. The van der Waals surface area contributed by atoms with Crippen molar-refractivity contribution in [1.82, 2.24) is 0 Å². The first-order chi connectivity index (χ1) is 17.7. The summed E-state index contributed by atoms with van der Waals surface area (Å²) in [7, 11) is 1.77. The molecule has 202 valence electrons. The van der Waals surface area contributed by atoms with Gasteiger partial charge in [0, 0.05) is 5.41 Å². The van der Waals surface area contributed by atoms with Gasteiger partial charge in [0.15, 0.2) is 0 Å². The Bertz CT molecular complexity index is 840. The van der Waals surface area contributed by atoms with Crippen molar-refractivity contribution >= 4 is 5.57 Å². The van der Waals surface area contributed by atoms with Gasteiger partial charge < -0.3 is 9.84 Å². The Morgan fingerprint density at radius 3 is 2.08 bits per heavy atom. The summed E-state index contributed by atoms with van der Waals surface area (Å²) in [6.45, 7) is 2.30. The average molecular weight is 495 g/mol. The molecule has 2 nitrogen and oxygen atoms in total. The lowest BCUT2D eigenvalue weighted by Crippen LogP contribution is -2.40. The van der Waals surface area contributed by atoms with Gasteiger partial charge in [-0.05, 0) is 79.7 Å². The molecule has 1 saturated carbocycles. The van der Waals surface area contributed by atoms with Gasteiger partial charge in [0.05, 0.1) is 13.2 Å². The summed E-state index contributed by atoms with van der Waals surface area (Å²) in [5, 5.41) is 11.2. The third kappa shape index (κ3) is 6.58. The molecule has 1 N–H and O–H groups in total. The molecule has 1 aromatic carbocycles. The second-order valence-corrected chi connectivity index (χ2v) is 12.3. The van der Waals surface area contributed by atoms with E-state index in [0.29, 0.717) is 5.92 Å². The van der Waals surface area contributed by atoms with Crippen LogP contribution >= 0.6 is 0 Å². The Hall–Kier alpha value is -1.28. The van der Waals surface area contributed by atoms with Gasteiger partial charge in [-0.25, -0.2) is 0 Å². The van der Waals surface area contributed by atoms with Crippen molar-refractivity contribution in [2.45, 2.75) is 148 Å². The Kier molecular flexibility index (Phi) is 10.8. The number of unbranched alkanes of at least 4 members (excludes halogenated alkanes) is 13. The van der Waals surface area contributed by atoms with Crippen molar-refractivity contribution in [3.8, 4) is 5.75 Å². The Balaban J connectivity index is 1.18. The Morgan fingerprint density at radius 2 is 1.44 bits per heavy atom. The van der Waals surface area contributed by atoms with Crippen LogP contribution in [-0.4, -0.2) is 18.3 Å². The van der Waals surface area contributed by atoms with E-state index in [1.54, 1.807) is 18.3 Å². The lowest BCUT2D eigenvalue weighted by Gasteiger charge is -2.46. The minimum atomic E-state index is -0.0872. The molecular weight excluding hydrogens is 440 g/mol. The molecule has 3 atom stereocenters. The molecular formula is C34H54O2. The second-order valence-electron chi connectivity index (χ2n) is 12.3. The highest BCUT2D eigenvalue weighted by Gasteiger charge is 2.52. The molecule has 0 aliphatic heterocycles. The molecule has 0 saturated heterocycles. The van der Waals surface area contributed by atoms with E-state index in [-0.39, 0.29) is 11.5 Å². The molecule has 3 aliphatic rings. The fourth-order valence-corrected chi connectivity index (χ4v) is 7.94. The van der Waals surface area contributed by atoms with Crippen LogP contribution in [0.5, 0.6) is 5.75 Å². The van der Waals surface area contributed by atoms with Crippen LogP contribution in [0.1, 0.15) is 146 Å². The molecule has 0 aromatic heterocycles. The number of methoxy groups -OCH3 is 1. The fourth-order valence-electron chi connectivity index (χ4n) is 7.94. The van der Waals surface area contributed by atoms with Gasteiger partial charge in [-0.2, -0.15) is 0 Å². The van der Waals surface area contributed by atoms with E-state index in [9.17, 15) is 5.11 Å². The van der Waals surface area contributed by atoms with Gasteiger partial charge in [-0.3, -0.25) is 0 Å². The van der Waals surface area contributed by atoms with Crippen LogP contribution in [0, 0.1) is 11.3 Å². The summed E-state index contributed by atoms with van der Waals surface area (Å²) in [6, 6.07) is 6.68. The number of fused-ring (bicyclic) bond motifs is 4. The number of allylic oxidation sites excluding steroid dienone is 2. The largest absolute Gasteiger partial charge is 0.497 e. The highest BCUT2D eigenvalue weighted by atomic mass is 16.5. The summed E-state index contributed by atoms with van der Waals surface area (Å²) in [4.78, 5) is 0. The van der Waals surface area contributed by atoms with Gasteiger partial charge in [-0.1, -0.05) is 108 Å². The average Bonchev–Trinajstić information content (AvgIpc) is 3.24. The normalized spacial score (nSPS) is 25.0. The predicted molar refractivity (Wildman–Crippen MR) is 154 cm³/mol. The van der Waals surface area contributed by atoms with E-state index < -0.39 is 0 Å². The molecule has 2 heteroatoms. The third-order valence-electron chi connectivity index (χ3n) is 10.0. The maximum Gasteiger partial charge on any atom is 0.119 e. The second kappa shape index (κ2) is 14.0. The monoisotopic (exact) mass is 494 g/mol. The maximum atomic E-state index is 11.2. The van der Waals surface area contributed by atoms with Crippen LogP contribution in [0.25, 0.3) is 5.57 Å². The van der Waals surface area contributed by atoms with Gasteiger partial charge in [0.1, 0.15) is 5.75 Å². The van der Waals surface area contributed by atoms with Crippen molar-refractivity contribution in [3.05, 3.63) is 34.9 Å². The molecule has 36 heavy (non-hydrogen) atoms. The number of rotatable bonds is 16. The van der Waals surface area contributed by atoms with Gasteiger partial charge in [-0.15, -0.1) is 0 Å². The van der Waals surface area contributed by atoms with E-state index in [2.05, 4.69) is 25.1 Å².